The summed E-state index contributed by atoms with van der Waals surface area (Å²) < 4.78 is 5.68. The van der Waals surface area contributed by atoms with Crippen LogP contribution in [0.1, 0.15) is 109 Å². The number of amides is 1. The van der Waals surface area contributed by atoms with E-state index in [1.54, 1.807) is 12.1 Å². The molecule has 1 aromatic carbocycles. The Kier molecular flexibility index (Phi) is 8.00. The molecule has 1 saturated heterocycles. The van der Waals surface area contributed by atoms with Crippen LogP contribution in [0, 0.1) is 16.7 Å². The molecule has 4 rings (SSSR count). The summed E-state index contributed by atoms with van der Waals surface area (Å²) in [5, 5.41) is 9.47. The van der Waals surface area contributed by atoms with Crippen LogP contribution in [-0.4, -0.2) is 64.1 Å². The number of carboxylic acid groups (broad SMARTS) is 1. The van der Waals surface area contributed by atoms with E-state index in [9.17, 15) is 14.7 Å². The van der Waals surface area contributed by atoms with E-state index in [2.05, 4.69) is 58.3 Å². The van der Waals surface area contributed by atoms with Gasteiger partial charge in [0.25, 0.3) is 5.91 Å². The average molecular weight is 526 g/mol. The van der Waals surface area contributed by atoms with Gasteiger partial charge in [0, 0.05) is 6.54 Å². The van der Waals surface area contributed by atoms with Crippen molar-refractivity contribution < 1.29 is 19.4 Å². The van der Waals surface area contributed by atoms with Crippen molar-refractivity contribution >= 4 is 17.7 Å². The first-order valence-corrected chi connectivity index (χ1v) is 14.3. The fourth-order valence-corrected chi connectivity index (χ4v) is 6.42. The lowest BCUT2D eigenvalue weighted by Crippen LogP contribution is -2.54. The molecule has 1 saturated carbocycles. The number of carbonyl (C=O) groups excluding carboxylic acids is 1. The largest absolute Gasteiger partial charge is 0.478 e. The molecule has 1 N–H and O–H groups in total. The lowest BCUT2D eigenvalue weighted by molar-refractivity contribution is -0.134. The van der Waals surface area contributed by atoms with E-state index in [1.165, 1.54) is 0 Å². The van der Waals surface area contributed by atoms with Crippen molar-refractivity contribution in [2.75, 3.05) is 19.8 Å². The normalized spacial score (nSPS) is 27.6. The summed E-state index contributed by atoms with van der Waals surface area (Å²) in [4.78, 5) is 35.6. The monoisotopic (exact) mass is 525 g/mol. The van der Waals surface area contributed by atoms with Crippen LogP contribution in [0.5, 0.6) is 0 Å². The first kappa shape index (κ1) is 28.6. The number of aliphatic imine (C=N–C) groups is 1. The zero-order chi connectivity index (χ0) is 27.9. The maximum absolute atomic E-state index is 14.4. The Hall–Kier alpha value is -2.41. The molecule has 210 valence electrons. The predicted octanol–water partition coefficient (Wildman–Crippen LogP) is 6.15. The molecule has 1 aliphatic carbocycles. The maximum atomic E-state index is 14.4. The van der Waals surface area contributed by atoms with Gasteiger partial charge in [0.2, 0.25) is 0 Å². The van der Waals surface area contributed by atoms with Gasteiger partial charge in [0.15, 0.2) is 5.84 Å². The topological polar surface area (TPSA) is 82.4 Å². The number of hydrogen-bond acceptors (Lipinski definition) is 5. The van der Waals surface area contributed by atoms with Crippen molar-refractivity contribution in [2.45, 2.75) is 105 Å². The van der Waals surface area contributed by atoms with E-state index < -0.39 is 11.6 Å². The molecule has 2 heterocycles. The summed E-state index contributed by atoms with van der Waals surface area (Å²) in [6.07, 6.45) is 5.50. The first-order chi connectivity index (χ1) is 17.7. The molecule has 0 bridgehead atoms. The molecule has 1 aromatic rings. The second kappa shape index (κ2) is 10.6. The summed E-state index contributed by atoms with van der Waals surface area (Å²) in [5.41, 5.74) is 0.993. The number of rotatable bonds is 5. The van der Waals surface area contributed by atoms with E-state index in [0.717, 1.165) is 44.1 Å². The zero-order valence-electron chi connectivity index (χ0n) is 24.4. The van der Waals surface area contributed by atoms with Crippen LogP contribution in [0.3, 0.4) is 0 Å². The Morgan fingerprint density at radius 3 is 2.29 bits per heavy atom. The summed E-state index contributed by atoms with van der Waals surface area (Å²) >= 11 is 0. The fourth-order valence-electron chi connectivity index (χ4n) is 6.42. The third kappa shape index (κ3) is 5.93. The Labute approximate surface area is 228 Å². The molecule has 7 nitrogen and oxygen atoms in total. The standard InChI is InChI=1S/C31H47N3O4/c1-21-20-38-19-18-33(21)26-27(35)34(31(32-26)16-12-24(13-17-31)30(5,6)7)25(14-15-29(2,3)4)22-8-10-23(11-9-22)28(36)37/h8-11,21,24-25H,12-20H2,1-7H3,(H,36,37)/t21-,24?,25-,31?/m1/s1. The molecular weight excluding hydrogens is 478 g/mol. The molecule has 3 aliphatic rings. The SMILES string of the molecule is C[C@@H]1COCCN1C1=NC2(CCC(C(C)(C)C)CC2)N([C@H](CCC(C)(C)C)c2ccc(C(=O)O)cc2)C1=O. The molecule has 7 heteroatoms. The van der Waals surface area contributed by atoms with Crippen LogP contribution in [0.4, 0.5) is 0 Å². The molecule has 2 atom stereocenters. The van der Waals surface area contributed by atoms with Crippen LogP contribution < -0.4 is 0 Å². The third-order valence-corrected chi connectivity index (χ3v) is 8.85. The molecule has 1 amide bonds. The average Bonchev–Trinajstić information content (AvgIpc) is 3.10. The molecule has 38 heavy (non-hydrogen) atoms. The minimum absolute atomic E-state index is 0.00850. The molecule has 0 aromatic heterocycles. The quantitative estimate of drug-likeness (QED) is 0.499. The van der Waals surface area contributed by atoms with Gasteiger partial charge in [0.05, 0.1) is 30.9 Å². The van der Waals surface area contributed by atoms with Crippen molar-refractivity contribution in [3.05, 3.63) is 35.4 Å². The van der Waals surface area contributed by atoms with Crippen molar-refractivity contribution in [1.29, 1.82) is 0 Å². The lowest BCUT2D eigenvalue weighted by Gasteiger charge is -2.47. The van der Waals surface area contributed by atoms with E-state index in [4.69, 9.17) is 9.73 Å². The van der Waals surface area contributed by atoms with E-state index in [-0.39, 0.29) is 34.4 Å². The Balaban J connectivity index is 1.76. The molecule has 0 radical (unpaired) electrons. The number of ether oxygens (including phenoxy) is 1. The molecule has 2 fully saturated rings. The fraction of sp³-hybridized carbons (Fsp3) is 0.710. The summed E-state index contributed by atoms with van der Waals surface area (Å²) in [6, 6.07) is 7.04. The third-order valence-electron chi connectivity index (χ3n) is 8.85. The second-order valence-corrected chi connectivity index (χ2v) is 13.9. The molecule has 1 spiro atoms. The number of morpholine rings is 1. The number of aromatic carboxylic acids is 1. The Morgan fingerprint density at radius 2 is 1.76 bits per heavy atom. The highest BCUT2D eigenvalue weighted by Gasteiger charge is 2.54. The number of amidine groups is 1. The minimum Gasteiger partial charge on any atom is -0.478 e. The van der Waals surface area contributed by atoms with Gasteiger partial charge in [-0.1, -0.05) is 53.7 Å². The highest BCUT2D eigenvalue weighted by atomic mass is 16.5. The van der Waals surface area contributed by atoms with E-state index in [0.29, 0.717) is 31.5 Å². The molecular formula is C31H47N3O4. The van der Waals surface area contributed by atoms with Crippen LogP contribution in [-0.2, 0) is 9.53 Å². The lowest BCUT2D eigenvalue weighted by atomic mass is 9.69. The van der Waals surface area contributed by atoms with Crippen molar-refractivity contribution in [3.8, 4) is 0 Å². The van der Waals surface area contributed by atoms with Gasteiger partial charge in [-0.25, -0.2) is 9.79 Å². The van der Waals surface area contributed by atoms with Crippen LogP contribution in [0.15, 0.2) is 29.3 Å². The molecule has 2 aliphatic heterocycles. The van der Waals surface area contributed by atoms with Crippen molar-refractivity contribution in [1.82, 2.24) is 9.80 Å². The smallest absolute Gasteiger partial charge is 0.335 e. The van der Waals surface area contributed by atoms with Crippen molar-refractivity contribution in [3.63, 3.8) is 0 Å². The number of hydrogen-bond donors (Lipinski definition) is 1. The van der Waals surface area contributed by atoms with Crippen LogP contribution >= 0.6 is 0 Å². The van der Waals surface area contributed by atoms with E-state index in [1.807, 2.05) is 12.1 Å². The number of carboxylic acids is 1. The number of benzene rings is 1. The van der Waals surface area contributed by atoms with Gasteiger partial charge in [-0.2, -0.15) is 0 Å². The molecule has 0 unspecified atom stereocenters. The zero-order valence-corrected chi connectivity index (χ0v) is 24.4. The van der Waals surface area contributed by atoms with E-state index >= 15 is 0 Å². The van der Waals surface area contributed by atoms with Crippen molar-refractivity contribution in [2.24, 2.45) is 21.7 Å². The van der Waals surface area contributed by atoms with Gasteiger partial charge < -0.3 is 19.6 Å². The Bertz CT molecular complexity index is 1040. The minimum atomic E-state index is -0.941. The van der Waals surface area contributed by atoms with Crippen LogP contribution in [0.2, 0.25) is 0 Å². The highest BCUT2D eigenvalue weighted by molar-refractivity contribution is 6.39. The van der Waals surface area contributed by atoms with Gasteiger partial charge >= 0.3 is 5.97 Å². The van der Waals surface area contributed by atoms with Crippen LogP contribution in [0.25, 0.3) is 0 Å². The Morgan fingerprint density at radius 1 is 1.13 bits per heavy atom. The maximum Gasteiger partial charge on any atom is 0.335 e. The number of carbonyl (C=O) groups is 2. The summed E-state index contributed by atoms with van der Waals surface area (Å²) in [6.45, 7) is 17.6. The number of nitrogens with zero attached hydrogens (tertiary/aromatic N) is 3. The first-order valence-electron chi connectivity index (χ1n) is 14.3. The predicted molar refractivity (Wildman–Crippen MR) is 150 cm³/mol. The van der Waals surface area contributed by atoms with Gasteiger partial charge in [-0.15, -0.1) is 0 Å². The highest BCUT2D eigenvalue weighted by Crippen LogP contribution is 2.50. The van der Waals surface area contributed by atoms with Gasteiger partial charge in [-0.3, -0.25) is 4.79 Å². The summed E-state index contributed by atoms with van der Waals surface area (Å²) in [7, 11) is 0. The van der Waals surface area contributed by atoms with Gasteiger partial charge in [0.1, 0.15) is 5.66 Å². The summed E-state index contributed by atoms with van der Waals surface area (Å²) in [5.74, 6) is 0.241. The van der Waals surface area contributed by atoms with Gasteiger partial charge in [-0.05, 0) is 79.9 Å². The second-order valence-electron chi connectivity index (χ2n) is 13.9.